The van der Waals surface area contributed by atoms with Crippen LogP contribution in [0.25, 0.3) is 0 Å². The number of hydrogen-bond donors (Lipinski definition) is 2. The van der Waals surface area contributed by atoms with E-state index in [1.807, 2.05) is 34.6 Å². The fourth-order valence-corrected chi connectivity index (χ4v) is 2.19. The van der Waals surface area contributed by atoms with Crippen LogP contribution in [0.4, 0.5) is 0 Å². The molecule has 2 N–H and O–H groups in total. The van der Waals surface area contributed by atoms with Crippen LogP contribution >= 0.6 is 0 Å². The van der Waals surface area contributed by atoms with Gasteiger partial charge in [-0.15, -0.1) is 0 Å². The average molecular weight is 312 g/mol. The number of aliphatic carboxylic acids is 1. The summed E-state index contributed by atoms with van der Waals surface area (Å²) in [5.41, 5.74) is -0.256. The van der Waals surface area contributed by atoms with Crippen molar-refractivity contribution in [2.24, 2.45) is 11.3 Å². The Labute approximate surface area is 132 Å². The van der Waals surface area contributed by atoms with Gasteiger partial charge in [-0.2, -0.15) is 0 Å². The van der Waals surface area contributed by atoms with Crippen LogP contribution in [0.3, 0.4) is 0 Å². The van der Waals surface area contributed by atoms with Crippen LogP contribution in [0.1, 0.15) is 41.5 Å². The highest BCUT2D eigenvalue weighted by molar-refractivity contribution is 5.87. The van der Waals surface area contributed by atoms with Crippen molar-refractivity contribution in [3.63, 3.8) is 0 Å². The summed E-state index contributed by atoms with van der Waals surface area (Å²) in [4.78, 5) is 36.0. The zero-order chi connectivity index (χ0) is 17.7. The number of hydrogen-bond acceptors (Lipinski definition) is 3. The molecule has 0 unspecified atom stereocenters. The summed E-state index contributed by atoms with van der Waals surface area (Å²) < 4.78 is 0. The Morgan fingerprint density at radius 2 is 1.73 bits per heavy atom. The van der Waals surface area contributed by atoms with Gasteiger partial charge in [0.2, 0.25) is 12.3 Å². The number of carbonyl (C=O) groups is 3. The van der Waals surface area contributed by atoms with E-state index in [-0.39, 0.29) is 23.4 Å². The minimum absolute atomic E-state index is 0.0418. The van der Waals surface area contributed by atoms with Crippen LogP contribution in [0, 0.1) is 11.3 Å². The molecule has 0 spiro atoms. The lowest BCUT2D eigenvalue weighted by Gasteiger charge is -2.36. The molecule has 0 saturated carbocycles. The lowest BCUT2D eigenvalue weighted by molar-refractivity contribution is -0.138. The Hall–Kier alpha value is -1.85. The predicted molar refractivity (Wildman–Crippen MR) is 85.2 cm³/mol. The lowest BCUT2D eigenvalue weighted by atomic mass is 9.85. The highest BCUT2D eigenvalue weighted by Gasteiger charge is 2.35. The van der Waals surface area contributed by atoms with Crippen LogP contribution in [0.2, 0.25) is 0 Å². The molecule has 0 saturated heterocycles. The van der Waals surface area contributed by atoms with Gasteiger partial charge in [-0.25, -0.2) is 4.79 Å². The van der Waals surface area contributed by atoms with Crippen molar-refractivity contribution in [2.75, 3.05) is 7.05 Å². The number of carboxylic acid groups (broad SMARTS) is 1. The topological polar surface area (TPSA) is 86.7 Å². The highest BCUT2D eigenvalue weighted by atomic mass is 16.4. The Kier molecular flexibility index (Phi) is 7.29. The molecule has 0 bridgehead atoms. The molecule has 0 rings (SSSR count). The molecule has 2 atom stereocenters. The van der Waals surface area contributed by atoms with Crippen molar-refractivity contribution in [1.82, 2.24) is 10.2 Å². The fraction of sp³-hybridized carbons (Fsp3) is 0.688. The van der Waals surface area contributed by atoms with Crippen molar-refractivity contribution < 1.29 is 19.5 Å². The summed E-state index contributed by atoms with van der Waals surface area (Å²) >= 11 is 0. The number of amides is 2. The molecule has 0 heterocycles. The summed E-state index contributed by atoms with van der Waals surface area (Å²) in [6, 6.07) is -1.03. The maximum absolute atomic E-state index is 12.7. The van der Waals surface area contributed by atoms with Gasteiger partial charge in [0.15, 0.2) is 0 Å². The SMILES string of the molecule is C/C(=C\[C@H](C(C)C)N(C)C(=O)[C@@H](NC=O)C(C)(C)C)C(=O)O. The van der Waals surface area contributed by atoms with Crippen molar-refractivity contribution in [2.45, 2.75) is 53.6 Å². The monoisotopic (exact) mass is 312 g/mol. The van der Waals surface area contributed by atoms with E-state index in [2.05, 4.69) is 5.32 Å². The molecule has 6 nitrogen and oxygen atoms in total. The zero-order valence-corrected chi connectivity index (χ0v) is 14.5. The van der Waals surface area contributed by atoms with Gasteiger partial charge in [-0.05, 0) is 18.3 Å². The first-order valence-electron chi connectivity index (χ1n) is 7.31. The van der Waals surface area contributed by atoms with Crippen molar-refractivity contribution in [3.8, 4) is 0 Å². The standard InChI is InChI=1S/C16H28N2O4/c1-10(2)12(8-11(3)15(21)22)18(7)14(20)13(17-9-19)16(4,5)6/h8-10,12-13H,1-7H3,(H,17,19)(H,21,22)/b11-8+/t12-,13-/m1/s1. The van der Waals surface area contributed by atoms with Gasteiger partial charge < -0.3 is 15.3 Å². The van der Waals surface area contributed by atoms with Gasteiger partial charge in [0.1, 0.15) is 6.04 Å². The Bertz CT molecular complexity index is 450. The van der Waals surface area contributed by atoms with Gasteiger partial charge in [-0.1, -0.05) is 40.7 Å². The van der Waals surface area contributed by atoms with Gasteiger partial charge in [0, 0.05) is 12.6 Å². The molecule has 0 aliphatic heterocycles. The second kappa shape index (κ2) is 7.96. The molecule has 126 valence electrons. The molecule has 0 aliphatic rings. The van der Waals surface area contributed by atoms with Gasteiger partial charge >= 0.3 is 5.97 Å². The summed E-state index contributed by atoms with van der Waals surface area (Å²) in [5, 5.41) is 11.6. The predicted octanol–water partition coefficient (Wildman–Crippen LogP) is 1.66. The van der Waals surface area contributed by atoms with Crippen molar-refractivity contribution in [3.05, 3.63) is 11.6 Å². The van der Waals surface area contributed by atoms with E-state index in [0.29, 0.717) is 6.41 Å². The number of rotatable bonds is 7. The Balaban J connectivity index is 5.51. The normalized spacial score (nSPS) is 15.2. The lowest BCUT2D eigenvalue weighted by Crippen LogP contribution is -2.54. The van der Waals surface area contributed by atoms with E-state index in [4.69, 9.17) is 5.11 Å². The number of carboxylic acids is 1. The van der Waals surface area contributed by atoms with Crippen LogP contribution in [0.15, 0.2) is 11.6 Å². The van der Waals surface area contributed by atoms with Gasteiger partial charge in [0.25, 0.3) is 0 Å². The van der Waals surface area contributed by atoms with Gasteiger partial charge in [0.05, 0.1) is 6.04 Å². The van der Waals surface area contributed by atoms with Crippen LogP contribution in [0.5, 0.6) is 0 Å². The first-order chi connectivity index (χ1) is 9.93. The second-order valence-corrected chi connectivity index (χ2v) is 6.92. The van der Waals surface area contributed by atoms with E-state index < -0.39 is 17.4 Å². The Morgan fingerprint density at radius 1 is 1.23 bits per heavy atom. The van der Waals surface area contributed by atoms with E-state index in [0.717, 1.165) is 0 Å². The summed E-state index contributed by atoms with van der Waals surface area (Å²) in [5.74, 6) is -1.21. The summed E-state index contributed by atoms with van der Waals surface area (Å²) in [7, 11) is 1.63. The molecule has 0 aromatic carbocycles. The van der Waals surface area contributed by atoms with E-state index in [1.165, 1.54) is 11.8 Å². The van der Waals surface area contributed by atoms with Crippen LogP contribution in [-0.2, 0) is 14.4 Å². The fourth-order valence-electron chi connectivity index (χ4n) is 2.19. The smallest absolute Gasteiger partial charge is 0.331 e. The molecular formula is C16H28N2O4. The first kappa shape index (κ1) is 20.1. The van der Waals surface area contributed by atoms with Crippen molar-refractivity contribution >= 4 is 18.3 Å². The molecule has 0 aromatic rings. The third-order valence-corrected chi connectivity index (χ3v) is 3.58. The number of nitrogens with one attached hydrogen (secondary N) is 1. The van der Waals surface area contributed by atoms with E-state index in [9.17, 15) is 14.4 Å². The third-order valence-electron chi connectivity index (χ3n) is 3.58. The third kappa shape index (κ3) is 5.50. The molecule has 0 aromatic heterocycles. The minimum Gasteiger partial charge on any atom is -0.478 e. The maximum atomic E-state index is 12.7. The van der Waals surface area contributed by atoms with Crippen LogP contribution < -0.4 is 5.32 Å². The molecule has 0 aliphatic carbocycles. The molecule has 2 amide bonds. The maximum Gasteiger partial charge on any atom is 0.331 e. The molecule has 0 radical (unpaired) electrons. The zero-order valence-electron chi connectivity index (χ0n) is 14.5. The average Bonchev–Trinajstić information content (AvgIpc) is 2.38. The van der Waals surface area contributed by atoms with Crippen molar-refractivity contribution in [1.29, 1.82) is 0 Å². The molecule has 6 heteroatoms. The molecule has 22 heavy (non-hydrogen) atoms. The highest BCUT2D eigenvalue weighted by Crippen LogP contribution is 2.23. The van der Waals surface area contributed by atoms with Crippen LogP contribution in [-0.4, -0.2) is 47.4 Å². The summed E-state index contributed by atoms with van der Waals surface area (Å²) in [6.45, 7) is 10.9. The van der Waals surface area contributed by atoms with E-state index in [1.54, 1.807) is 13.1 Å². The molecule has 0 fully saturated rings. The summed E-state index contributed by atoms with van der Waals surface area (Å²) in [6.07, 6.45) is 2.09. The Morgan fingerprint density at radius 3 is 2.05 bits per heavy atom. The molecular weight excluding hydrogens is 284 g/mol. The minimum atomic E-state index is -1.01. The quantitative estimate of drug-likeness (QED) is 0.553. The number of likely N-dealkylation sites (N-methyl/N-ethyl adjacent to an activating group) is 1. The first-order valence-corrected chi connectivity index (χ1v) is 7.31. The van der Waals surface area contributed by atoms with Gasteiger partial charge in [-0.3, -0.25) is 9.59 Å². The second-order valence-electron chi connectivity index (χ2n) is 6.92. The van der Waals surface area contributed by atoms with E-state index >= 15 is 0 Å². The number of nitrogens with zero attached hydrogens (tertiary/aromatic N) is 1. The largest absolute Gasteiger partial charge is 0.478 e. The number of carbonyl (C=O) groups excluding carboxylic acids is 2.